The van der Waals surface area contributed by atoms with Crippen molar-refractivity contribution in [2.24, 2.45) is 0 Å². The molecular weight excluding hydrogens is 240 g/mol. The fourth-order valence-electron chi connectivity index (χ4n) is 1.90. The average Bonchev–Trinajstić information content (AvgIpc) is 2.32. The molecule has 18 heavy (non-hydrogen) atoms. The van der Waals surface area contributed by atoms with E-state index in [4.69, 9.17) is 5.11 Å². The van der Waals surface area contributed by atoms with Crippen LogP contribution in [0.2, 0.25) is 0 Å². The lowest BCUT2D eigenvalue weighted by molar-refractivity contribution is -0.137. The first-order valence-corrected chi connectivity index (χ1v) is 5.87. The quantitative estimate of drug-likeness (QED) is 0.852. The molecule has 1 aromatic rings. The second kappa shape index (κ2) is 6.44. The Morgan fingerprint density at radius 3 is 2.67 bits per heavy atom. The molecule has 5 heteroatoms. The molecule has 1 unspecified atom stereocenters. The maximum absolute atomic E-state index is 13.6. The minimum atomic E-state index is -0.902. The van der Waals surface area contributed by atoms with Gasteiger partial charge in [0, 0.05) is 18.2 Å². The van der Waals surface area contributed by atoms with Crippen LogP contribution in [0.1, 0.15) is 31.9 Å². The van der Waals surface area contributed by atoms with Crippen LogP contribution >= 0.6 is 0 Å². The standard InChI is InChI=1S/C13H17F2NO2/c1-3-16(8-7-12(17)18)9(2)10-5-4-6-11(14)13(10)15/h4-6,9H,3,7-8H2,1-2H3,(H,17,18). The van der Waals surface area contributed by atoms with Crippen molar-refractivity contribution < 1.29 is 18.7 Å². The first-order valence-electron chi connectivity index (χ1n) is 5.87. The van der Waals surface area contributed by atoms with Crippen LogP contribution in [0.25, 0.3) is 0 Å². The molecule has 0 aromatic heterocycles. The molecule has 0 fully saturated rings. The molecule has 0 aliphatic rings. The predicted octanol–water partition coefficient (Wildman–Crippen LogP) is 2.82. The highest BCUT2D eigenvalue weighted by Crippen LogP contribution is 2.24. The van der Waals surface area contributed by atoms with Crippen LogP contribution in [-0.4, -0.2) is 29.1 Å². The first-order chi connectivity index (χ1) is 8.47. The van der Waals surface area contributed by atoms with Crippen molar-refractivity contribution >= 4 is 5.97 Å². The van der Waals surface area contributed by atoms with Gasteiger partial charge in [0.2, 0.25) is 0 Å². The van der Waals surface area contributed by atoms with Gasteiger partial charge in [0.25, 0.3) is 0 Å². The number of nitrogens with zero attached hydrogens (tertiary/aromatic N) is 1. The third-order valence-electron chi connectivity index (χ3n) is 3.00. The zero-order chi connectivity index (χ0) is 13.7. The maximum atomic E-state index is 13.6. The van der Waals surface area contributed by atoms with Gasteiger partial charge in [0.15, 0.2) is 11.6 Å². The summed E-state index contributed by atoms with van der Waals surface area (Å²) < 4.78 is 26.8. The highest BCUT2D eigenvalue weighted by molar-refractivity contribution is 5.66. The minimum absolute atomic E-state index is 0.0187. The fraction of sp³-hybridized carbons (Fsp3) is 0.462. The third kappa shape index (κ3) is 3.50. The van der Waals surface area contributed by atoms with Crippen molar-refractivity contribution in [3.8, 4) is 0 Å². The first kappa shape index (κ1) is 14.6. The normalized spacial score (nSPS) is 12.7. The highest BCUT2D eigenvalue weighted by atomic mass is 19.2. The number of carbonyl (C=O) groups is 1. The molecule has 1 aromatic carbocycles. The van der Waals surface area contributed by atoms with E-state index in [1.54, 1.807) is 11.8 Å². The van der Waals surface area contributed by atoms with Crippen LogP contribution in [0.15, 0.2) is 18.2 Å². The van der Waals surface area contributed by atoms with Crippen molar-refractivity contribution in [3.05, 3.63) is 35.4 Å². The van der Waals surface area contributed by atoms with Crippen molar-refractivity contribution in [1.82, 2.24) is 4.90 Å². The molecule has 0 amide bonds. The maximum Gasteiger partial charge on any atom is 0.304 e. The Labute approximate surface area is 105 Å². The van der Waals surface area contributed by atoms with Crippen LogP contribution in [-0.2, 0) is 4.79 Å². The zero-order valence-electron chi connectivity index (χ0n) is 10.5. The summed E-state index contributed by atoms with van der Waals surface area (Å²) >= 11 is 0. The molecule has 0 saturated carbocycles. The number of aliphatic carboxylic acids is 1. The van der Waals surface area contributed by atoms with Crippen molar-refractivity contribution in [2.75, 3.05) is 13.1 Å². The number of carboxylic acid groups (broad SMARTS) is 1. The van der Waals surface area contributed by atoms with Gasteiger partial charge in [0.1, 0.15) is 0 Å². The minimum Gasteiger partial charge on any atom is -0.481 e. The highest BCUT2D eigenvalue weighted by Gasteiger charge is 2.19. The number of rotatable bonds is 6. The zero-order valence-corrected chi connectivity index (χ0v) is 10.5. The van der Waals surface area contributed by atoms with Gasteiger partial charge in [-0.25, -0.2) is 8.78 Å². The van der Waals surface area contributed by atoms with Gasteiger partial charge in [0.05, 0.1) is 6.42 Å². The van der Waals surface area contributed by atoms with Crippen LogP contribution < -0.4 is 0 Å². The molecule has 0 saturated heterocycles. The summed E-state index contributed by atoms with van der Waals surface area (Å²) in [5, 5.41) is 8.65. The molecule has 0 heterocycles. The van der Waals surface area contributed by atoms with E-state index in [0.717, 1.165) is 6.07 Å². The molecule has 1 atom stereocenters. The largest absolute Gasteiger partial charge is 0.481 e. The summed E-state index contributed by atoms with van der Waals surface area (Å²) in [5.41, 5.74) is 0.252. The number of hydrogen-bond acceptors (Lipinski definition) is 2. The Morgan fingerprint density at radius 2 is 2.11 bits per heavy atom. The lowest BCUT2D eigenvalue weighted by Gasteiger charge is -2.27. The Hall–Kier alpha value is -1.49. The van der Waals surface area contributed by atoms with E-state index >= 15 is 0 Å². The van der Waals surface area contributed by atoms with Gasteiger partial charge in [-0.15, -0.1) is 0 Å². The van der Waals surface area contributed by atoms with Crippen LogP contribution in [0.3, 0.4) is 0 Å². The van der Waals surface area contributed by atoms with E-state index in [0.29, 0.717) is 13.1 Å². The van der Waals surface area contributed by atoms with Crippen molar-refractivity contribution in [3.63, 3.8) is 0 Å². The number of carboxylic acids is 1. The Balaban J connectivity index is 2.85. The SMILES string of the molecule is CCN(CCC(=O)O)C(C)c1cccc(F)c1F. The molecular formula is C13H17F2NO2. The van der Waals surface area contributed by atoms with Gasteiger partial charge in [-0.3, -0.25) is 9.69 Å². The summed E-state index contributed by atoms with van der Waals surface area (Å²) in [6, 6.07) is 3.69. The van der Waals surface area contributed by atoms with E-state index in [2.05, 4.69) is 0 Å². The topological polar surface area (TPSA) is 40.5 Å². The van der Waals surface area contributed by atoms with Gasteiger partial charge in [-0.1, -0.05) is 19.1 Å². The van der Waals surface area contributed by atoms with E-state index in [9.17, 15) is 13.6 Å². The Bertz CT molecular complexity index is 423. The summed E-state index contributed by atoms with van der Waals surface area (Å²) in [6.45, 7) is 4.48. The van der Waals surface area contributed by atoms with E-state index < -0.39 is 17.6 Å². The van der Waals surface area contributed by atoms with Crippen LogP contribution in [0, 0.1) is 11.6 Å². The smallest absolute Gasteiger partial charge is 0.304 e. The molecule has 0 bridgehead atoms. The summed E-state index contributed by atoms with van der Waals surface area (Å²) in [7, 11) is 0. The molecule has 0 aliphatic carbocycles. The molecule has 1 rings (SSSR count). The molecule has 0 radical (unpaired) electrons. The molecule has 1 N–H and O–H groups in total. The van der Waals surface area contributed by atoms with E-state index in [1.807, 2.05) is 6.92 Å². The summed E-state index contributed by atoms with van der Waals surface area (Å²) in [4.78, 5) is 12.3. The summed E-state index contributed by atoms with van der Waals surface area (Å²) in [6.07, 6.45) is -0.0187. The van der Waals surface area contributed by atoms with Crippen molar-refractivity contribution in [2.45, 2.75) is 26.3 Å². The number of halogens is 2. The second-order valence-electron chi connectivity index (χ2n) is 4.09. The lowest BCUT2D eigenvalue weighted by Crippen LogP contribution is -2.29. The Morgan fingerprint density at radius 1 is 1.44 bits per heavy atom. The van der Waals surface area contributed by atoms with Crippen LogP contribution in [0.5, 0.6) is 0 Å². The Kier molecular flexibility index (Phi) is 5.22. The second-order valence-corrected chi connectivity index (χ2v) is 4.09. The lowest BCUT2D eigenvalue weighted by atomic mass is 10.1. The van der Waals surface area contributed by atoms with Crippen LogP contribution in [0.4, 0.5) is 8.78 Å². The molecule has 0 aliphatic heterocycles. The fourth-order valence-corrected chi connectivity index (χ4v) is 1.90. The van der Waals surface area contributed by atoms with Gasteiger partial charge in [-0.2, -0.15) is 0 Å². The number of benzene rings is 1. The molecule has 0 spiro atoms. The molecule has 100 valence electrons. The monoisotopic (exact) mass is 257 g/mol. The van der Waals surface area contributed by atoms with Crippen molar-refractivity contribution in [1.29, 1.82) is 0 Å². The van der Waals surface area contributed by atoms with E-state index in [-0.39, 0.29) is 18.0 Å². The van der Waals surface area contributed by atoms with Gasteiger partial charge >= 0.3 is 5.97 Å². The van der Waals surface area contributed by atoms with E-state index in [1.165, 1.54) is 12.1 Å². The summed E-state index contributed by atoms with van der Waals surface area (Å²) in [5.74, 6) is -2.65. The van der Waals surface area contributed by atoms with Gasteiger partial charge < -0.3 is 5.11 Å². The third-order valence-corrected chi connectivity index (χ3v) is 3.00. The van der Waals surface area contributed by atoms with Gasteiger partial charge in [-0.05, 0) is 19.5 Å². The number of hydrogen-bond donors (Lipinski definition) is 1. The predicted molar refractivity (Wildman–Crippen MR) is 64.3 cm³/mol. The average molecular weight is 257 g/mol. The molecule has 3 nitrogen and oxygen atoms in total.